The topological polar surface area (TPSA) is 32.3 Å². The van der Waals surface area contributed by atoms with Crippen LogP contribution in [0.25, 0.3) is 5.70 Å². The smallest absolute Gasteiger partial charge is 0.253 e. The minimum absolute atomic E-state index is 0.106. The molecule has 0 spiro atoms. The Kier molecular flexibility index (Phi) is 5.38. The number of benzene rings is 3. The Morgan fingerprint density at radius 2 is 1.61 bits per heavy atom. The van der Waals surface area contributed by atoms with Gasteiger partial charge in [-0.25, -0.2) is 0 Å². The summed E-state index contributed by atoms with van der Waals surface area (Å²) in [4.78, 5) is 15.2. The summed E-state index contributed by atoms with van der Waals surface area (Å²) in [6.45, 7) is 0.716. The van der Waals surface area contributed by atoms with Crippen molar-refractivity contribution < 1.29 is 4.79 Å². The Labute approximate surface area is 174 Å². The van der Waals surface area contributed by atoms with Crippen molar-refractivity contribution in [3.05, 3.63) is 100 Å². The third-order valence-corrected chi connectivity index (χ3v) is 5.17. The van der Waals surface area contributed by atoms with Gasteiger partial charge in [-0.3, -0.25) is 4.79 Å². The first-order valence-corrected chi connectivity index (χ1v) is 9.76. The van der Waals surface area contributed by atoms with E-state index in [9.17, 15) is 4.79 Å². The zero-order valence-electron chi connectivity index (χ0n) is 15.0. The van der Waals surface area contributed by atoms with E-state index in [1.165, 1.54) is 0 Å². The van der Waals surface area contributed by atoms with Crippen molar-refractivity contribution in [3.63, 3.8) is 0 Å². The first-order chi connectivity index (χ1) is 13.6. The second-order valence-electron chi connectivity index (χ2n) is 6.54. The van der Waals surface area contributed by atoms with E-state index in [1.807, 2.05) is 54.6 Å². The molecule has 1 N–H and O–H groups in total. The Balaban J connectivity index is 1.73. The van der Waals surface area contributed by atoms with E-state index in [4.69, 9.17) is 23.2 Å². The molecule has 0 aromatic heterocycles. The summed E-state index contributed by atoms with van der Waals surface area (Å²) in [7, 11) is 0. The van der Waals surface area contributed by atoms with Gasteiger partial charge in [-0.15, -0.1) is 0 Å². The van der Waals surface area contributed by atoms with Gasteiger partial charge in [0.2, 0.25) is 0 Å². The van der Waals surface area contributed by atoms with Crippen molar-refractivity contribution in [1.82, 2.24) is 0 Å². The van der Waals surface area contributed by atoms with Gasteiger partial charge in [0, 0.05) is 33.5 Å². The van der Waals surface area contributed by atoms with Crippen LogP contribution in [0.5, 0.6) is 0 Å². The molecule has 4 rings (SSSR count). The van der Waals surface area contributed by atoms with Crippen molar-refractivity contribution in [2.75, 3.05) is 16.8 Å². The van der Waals surface area contributed by atoms with Crippen molar-refractivity contribution in [3.8, 4) is 0 Å². The van der Waals surface area contributed by atoms with Gasteiger partial charge in [-0.2, -0.15) is 0 Å². The molecule has 0 unspecified atom stereocenters. The van der Waals surface area contributed by atoms with Gasteiger partial charge in [-0.1, -0.05) is 59.6 Å². The molecular formula is C23H18Cl2N2O. The molecule has 3 nitrogen and oxygen atoms in total. The van der Waals surface area contributed by atoms with Gasteiger partial charge in [0.25, 0.3) is 5.91 Å². The Morgan fingerprint density at radius 3 is 2.32 bits per heavy atom. The molecule has 28 heavy (non-hydrogen) atoms. The number of carbonyl (C=O) groups is 1. The normalized spacial score (nSPS) is 13.7. The summed E-state index contributed by atoms with van der Waals surface area (Å²) in [5.74, 6) is -0.106. The zero-order chi connectivity index (χ0) is 19.5. The SMILES string of the molecule is O=C(Nc1ccc(Cl)cc1)C1=C(c2ccccc2)N(c2cccc(Cl)c2)CC1. The number of nitrogens with zero attached hydrogens (tertiary/aromatic N) is 1. The Bertz CT molecular complexity index is 1030. The van der Waals surface area contributed by atoms with E-state index >= 15 is 0 Å². The van der Waals surface area contributed by atoms with Crippen molar-refractivity contribution >= 4 is 46.2 Å². The summed E-state index contributed by atoms with van der Waals surface area (Å²) in [6.07, 6.45) is 0.649. The first kappa shape index (κ1) is 18.6. The fourth-order valence-corrected chi connectivity index (χ4v) is 3.72. The van der Waals surface area contributed by atoms with Crippen LogP contribution in [-0.4, -0.2) is 12.5 Å². The molecular weight excluding hydrogens is 391 g/mol. The van der Waals surface area contributed by atoms with E-state index in [0.29, 0.717) is 23.0 Å². The average Bonchev–Trinajstić information content (AvgIpc) is 3.16. The number of anilines is 2. The molecule has 140 valence electrons. The number of amides is 1. The molecule has 3 aromatic carbocycles. The van der Waals surface area contributed by atoms with E-state index < -0.39 is 0 Å². The van der Waals surface area contributed by atoms with Crippen LogP contribution in [-0.2, 0) is 4.79 Å². The molecule has 0 bridgehead atoms. The predicted octanol–water partition coefficient (Wildman–Crippen LogP) is 6.25. The molecule has 3 aromatic rings. The molecule has 1 amide bonds. The highest BCUT2D eigenvalue weighted by molar-refractivity contribution is 6.31. The largest absolute Gasteiger partial charge is 0.340 e. The van der Waals surface area contributed by atoms with Crippen LogP contribution in [0.3, 0.4) is 0 Å². The third-order valence-electron chi connectivity index (χ3n) is 4.68. The average molecular weight is 409 g/mol. The molecule has 1 heterocycles. The molecule has 0 fully saturated rings. The summed E-state index contributed by atoms with van der Waals surface area (Å²) in [5, 5.41) is 4.29. The highest BCUT2D eigenvalue weighted by Crippen LogP contribution is 2.37. The second-order valence-corrected chi connectivity index (χ2v) is 7.41. The highest BCUT2D eigenvalue weighted by atomic mass is 35.5. The Hall–Kier alpha value is -2.75. The summed E-state index contributed by atoms with van der Waals surface area (Å²) in [5.41, 5.74) is 4.35. The molecule has 0 aliphatic carbocycles. The lowest BCUT2D eigenvalue weighted by atomic mass is 10.1. The van der Waals surface area contributed by atoms with Crippen LogP contribution in [0.4, 0.5) is 11.4 Å². The lowest BCUT2D eigenvalue weighted by Gasteiger charge is -2.23. The van der Waals surface area contributed by atoms with Crippen LogP contribution in [0.15, 0.2) is 84.4 Å². The van der Waals surface area contributed by atoms with E-state index in [2.05, 4.69) is 10.2 Å². The van der Waals surface area contributed by atoms with Gasteiger partial charge in [-0.05, 0) is 54.4 Å². The Morgan fingerprint density at radius 1 is 0.857 bits per heavy atom. The van der Waals surface area contributed by atoms with Crippen LogP contribution >= 0.6 is 23.2 Å². The zero-order valence-corrected chi connectivity index (χ0v) is 16.5. The summed E-state index contributed by atoms with van der Waals surface area (Å²) in [6, 6.07) is 24.8. The number of hydrogen-bond donors (Lipinski definition) is 1. The molecule has 0 saturated carbocycles. The third kappa shape index (κ3) is 3.91. The van der Waals surface area contributed by atoms with Crippen molar-refractivity contribution in [2.45, 2.75) is 6.42 Å². The predicted molar refractivity (Wildman–Crippen MR) is 117 cm³/mol. The maximum atomic E-state index is 13.1. The second kappa shape index (κ2) is 8.09. The van der Waals surface area contributed by atoms with Crippen LogP contribution in [0.1, 0.15) is 12.0 Å². The first-order valence-electron chi connectivity index (χ1n) is 9.00. The summed E-state index contributed by atoms with van der Waals surface area (Å²) >= 11 is 12.1. The van der Waals surface area contributed by atoms with Crippen LogP contribution in [0, 0.1) is 0 Å². The van der Waals surface area contributed by atoms with Crippen LogP contribution < -0.4 is 10.2 Å². The monoisotopic (exact) mass is 408 g/mol. The fraction of sp³-hybridized carbons (Fsp3) is 0.0870. The molecule has 5 heteroatoms. The van der Waals surface area contributed by atoms with Gasteiger partial charge in [0.1, 0.15) is 0 Å². The quantitative estimate of drug-likeness (QED) is 0.552. The van der Waals surface area contributed by atoms with Crippen molar-refractivity contribution in [2.24, 2.45) is 0 Å². The van der Waals surface area contributed by atoms with E-state index in [-0.39, 0.29) is 5.91 Å². The summed E-state index contributed by atoms with van der Waals surface area (Å²) < 4.78 is 0. The highest BCUT2D eigenvalue weighted by Gasteiger charge is 2.29. The molecule has 0 saturated heterocycles. The maximum absolute atomic E-state index is 13.1. The number of hydrogen-bond acceptors (Lipinski definition) is 2. The molecule has 0 atom stereocenters. The van der Waals surface area contributed by atoms with Crippen LogP contribution in [0.2, 0.25) is 10.0 Å². The van der Waals surface area contributed by atoms with Gasteiger partial charge >= 0.3 is 0 Å². The molecule has 1 aliphatic rings. The maximum Gasteiger partial charge on any atom is 0.253 e. The lowest BCUT2D eigenvalue weighted by molar-refractivity contribution is -0.112. The minimum Gasteiger partial charge on any atom is -0.340 e. The number of halogens is 2. The lowest BCUT2D eigenvalue weighted by Crippen LogP contribution is -2.18. The number of carbonyl (C=O) groups excluding carboxylic acids is 1. The molecule has 1 aliphatic heterocycles. The number of rotatable bonds is 4. The van der Waals surface area contributed by atoms with E-state index in [1.54, 1.807) is 24.3 Å². The standard InChI is InChI=1S/C23H18Cl2N2O/c24-17-9-11-19(12-10-17)26-23(28)21-13-14-27(20-8-4-7-18(25)15-20)22(21)16-5-2-1-3-6-16/h1-12,15H,13-14H2,(H,26,28). The molecule has 0 radical (unpaired) electrons. The van der Waals surface area contributed by atoms with Crippen molar-refractivity contribution in [1.29, 1.82) is 0 Å². The van der Waals surface area contributed by atoms with E-state index in [0.717, 1.165) is 28.2 Å². The van der Waals surface area contributed by atoms with Gasteiger partial charge in [0.15, 0.2) is 0 Å². The fourth-order valence-electron chi connectivity index (χ4n) is 3.41. The minimum atomic E-state index is -0.106. The number of nitrogens with one attached hydrogen (secondary N) is 1. The van der Waals surface area contributed by atoms with Gasteiger partial charge in [0.05, 0.1) is 5.70 Å². The van der Waals surface area contributed by atoms with Gasteiger partial charge < -0.3 is 10.2 Å².